The van der Waals surface area contributed by atoms with E-state index in [4.69, 9.17) is 0 Å². The molecule has 0 rings (SSSR count). The molecular formula is C9H17NO. The maximum absolute atomic E-state index is 11.4. The fourth-order valence-corrected chi connectivity index (χ4v) is 1.06. The van der Waals surface area contributed by atoms with E-state index in [0.717, 1.165) is 6.54 Å². The Labute approximate surface area is 68.7 Å². The third-order valence-electron chi connectivity index (χ3n) is 1.57. The van der Waals surface area contributed by atoms with Crippen LogP contribution < -0.4 is 5.32 Å². The van der Waals surface area contributed by atoms with E-state index >= 15 is 0 Å². The van der Waals surface area contributed by atoms with Crippen LogP contribution in [0.4, 0.5) is 0 Å². The highest BCUT2D eigenvalue weighted by Crippen LogP contribution is 2.08. The van der Waals surface area contributed by atoms with Crippen molar-refractivity contribution < 1.29 is 4.79 Å². The summed E-state index contributed by atoms with van der Waals surface area (Å²) in [6.07, 6.45) is 0. The van der Waals surface area contributed by atoms with Gasteiger partial charge in [0.1, 0.15) is 0 Å². The molecule has 11 heavy (non-hydrogen) atoms. The van der Waals surface area contributed by atoms with Crippen molar-refractivity contribution in [3.05, 3.63) is 12.2 Å². The maximum atomic E-state index is 11.4. The van der Waals surface area contributed by atoms with Crippen LogP contribution in [0, 0.1) is 0 Å². The number of hydrogen-bond donors (Lipinski definition) is 1. The zero-order chi connectivity index (χ0) is 9.07. The molecule has 64 valence electrons. The summed E-state index contributed by atoms with van der Waals surface area (Å²) in [6.45, 7) is 11.9. The van der Waals surface area contributed by atoms with Gasteiger partial charge < -0.3 is 5.32 Å². The molecule has 0 aromatic rings. The highest BCUT2D eigenvalue weighted by molar-refractivity contribution is 6.01. The molecule has 0 aromatic heterocycles. The average molecular weight is 155 g/mol. The number of likely N-dealkylation sites (N-methyl/N-ethyl adjacent to an activating group) is 1. The third-order valence-corrected chi connectivity index (χ3v) is 1.57. The summed E-state index contributed by atoms with van der Waals surface area (Å²) in [5.74, 6) is 0.0827. The topological polar surface area (TPSA) is 29.1 Å². The van der Waals surface area contributed by atoms with Gasteiger partial charge in [0.25, 0.3) is 0 Å². The summed E-state index contributed by atoms with van der Waals surface area (Å²) in [5, 5.41) is 3.09. The van der Waals surface area contributed by atoms with Gasteiger partial charge >= 0.3 is 0 Å². The molecule has 0 atom stereocenters. The van der Waals surface area contributed by atoms with Crippen molar-refractivity contribution in [3.63, 3.8) is 0 Å². The molecule has 0 heterocycles. The Kier molecular flexibility index (Phi) is 3.46. The largest absolute Gasteiger partial charge is 0.305 e. The van der Waals surface area contributed by atoms with Crippen LogP contribution in [0.15, 0.2) is 12.2 Å². The lowest BCUT2D eigenvalue weighted by molar-refractivity contribution is -0.120. The van der Waals surface area contributed by atoms with E-state index in [0.29, 0.717) is 5.57 Å². The molecule has 0 aromatic carbocycles. The molecule has 1 N–H and O–H groups in total. The van der Waals surface area contributed by atoms with Crippen LogP contribution in [0.1, 0.15) is 27.7 Å². The van der Waals surface area contributed by atoms with Crippen LogP contribution in [-0.2, 0) is 4.79 Å². The Hall–Kier alpha value is -0.630. The Morgan fingerprint density at radius 2 is 2.00 bits per heavy atom. The second kappa shape index (κ2) is 3.67. The number of rotatable bonds is 4. The van der Waals surface area contributed by atoms with Crippen molar-refractivity contribution in [2.45, 2.75) is 33.2 Å². The summed E-state index contributed by atoms with van der Waals surface area (Å²) < 4.78 is 0. The summed E-state index contributed by atoms with van der Waals surface area (Å²) in [5.41, 5.74) is 0.150. The second-order valence-electron chi connectivity index (χ2n) is 3.26. The number of nitrogens with one attached hydrogen (secondary N) is 1. The molecule has 0 saturated heterocycles. The Balaban J connectivity index is 4.29. The van der Waals surface area contributed by atoms with Gasteiger partial charge in [-0.3, -0.25) is 4.79 Å². The van der Waals surface area contributed by atoms with Gasteiger partial charge in [0.05, 0.1) is 5.54 Å². The first kappa shape index (κ1) is 10.4. The minimum atomic E-state index is -0.458. The predicted molar refractivity (Wildman–Crippen MR) is 47.6 cm³/mol. The molecule has 0 amide bonds. The van der Waals surface area contributed by atoms with Crippen molar-refractivity contribution in [2.24, 2.45) is 0 Å². The van der Waals surface area contributed by atoms with Gasteiger partial charge in [0, 0.05) is 0 Å². The fraction of sp³-hybridized carbons (Fsp3) is 0.667. The van der Waals surface area contributed by atoms with Crippen LogP contribution in [0.3, 0.4) is 0 Å². The Bertz CT molecular complexity index is 170. The van der Waals surface area contributed by atoms with Gasteiger partial charge in [-0.05, 0) is 32.9 Å². The van der Waals surface area contributed by atoms with E-state index in [9.17, 15) is 4.79 Å². The summed E-state index contributed by atoms with van der Waals surface area (Å²) in [4.78, 5) is 11.4. The quantitative estimate of drug-likeness (QED) is 0.624. The smallest absolute Gasteiger partial charge is 0.177 e. The van der Waals surface area contributed by atoms with Gasteiger partial charge in [-0.2, -0.15) is 0 Å². The van der Waals surface area contributed by atoms with Gasteiger partial charge in [-0.15, -0.1) is 0 Å². The molecule has 0 aliphatic heterocycles. The lowest BCUT2D eigenvalue weighted by Gasteiger charge is -2.23. The van der Waals surface area contributed by atoms with Gasteiger partial charge in [-0.25, -0.2) is 0 Å². The molecule has 0 bridgehead atoms. The van der Waals surface area contributed by atoms with E-state index in [1.165, 1.54) is 0 Å². The number of carbonyl (C=O) groups excluding carboxylic acids is 1. The highest BCUT2D eigenvalue weighted by atomic mass is 16.1. The molecule has 0 fully saturated rings. The molecule has 0 radical (unpaired) electrons. The van der Waals surface area contributed by atoms with Crippen molar-refractivity contribution in [3.8, 4) is 0 Å². The number of hydrogen-bond acceptors (Lipinski definition) is 2. The van der Waals surface area contributed by atoms with Crippen LogP contribution in [0.2, 0.25) is 0 Å². The van der Waals surface area contributed by atoms with Gasteiger partial charge in [0.2, 0.25) is 0 Å². The van der Waals surface area contributed by atoms with E-state index in [1.807, 2.05) is 20.8 Å². The Morgan fingerprint density at radius 1 is 1.55 bits per heavy atom. The first-order chi connectivity index (χ1) is 4.91. The van der Waals surface area contributed by atoms with E-state index in [1.54, 1.807) is 6.92 Å². The van der Waals surface area contributed by atoms with Crippen molar-refractivity contribution in [1.29, 1.82) is 0 Å². The number of ketones is 1. The summed E-state index contributed by atoms with van der Waals surface area (Å²) in [6, 6.07) is 0. The summed E-state index contributed by atoms with van der Waals surface area (Å²) in [7, 11) is 0. The molecule has 0 unspecified atom stereocenters. The first-order valence-corrected chi connectivity index (χ1v) is 3.87. The Morgan fingerprint density at radius 3 is 2.27 bits per heavy atom. The summed E-state index contributed by atoms with van der Waals surface area (Å²) >= 11 is 0. The highest BCUT2D eigenvalue weighted by Gasteiger charge is 2.25. The second-order valence-corrected chi connectivity index (χ2v) is 3.26. The minimum absolute atomic E-state index is 0.0827. The first-order valence-electron chi connectivity index (χ1n) is 3.87. The monoisotopic (exact) mass is 155 g/mol. The normalized spacial score (nSPS) is 11.3. The third kappa shape index (κ3) is 2.85. The van der Waals surface area contributed by atoms with E-state index in [2.05, 4.69) is 11.9 Å². The molecule has 0 saturated carbocycles. The predicted octanol–water partition coefficient (Wildman–Crippen LogP) is 1.52. The van der Waals surface area contributed by atoms with Crippen LogP contribution in [0.25, 0.3) is 0 Å². The van der Waals surface area contributed by atoms with Gasteiger partial charge in [-0.1, -0.05) is 13.5 Å². The number of Topliss-reactive ketones (excluding diaryl/α,β-unsaturated/α-hetero) is 1. The molecule has 2 nitrogen and oxygen atoms in total. The van der Waals surface area contributed by atoms with Crippen molar-refractivity contribution >= 4 is 5.78 Å². The molecular weight excluding hydrogens is 138 g/mol. The van der Waals surface area contributed by atoms with Crippen LogP contribution in [0.5, 0.6) is 0 Å². The zero-order valence-corrected chi connectivity index (χ0v) is 7.82. The zero-order valence-electron chi connectivity index (χ0n) is 7.82. The lowest BCUT2D eigenvalue weighted by Crippen LogP contribution is -2.46. The minimum Gasteiger partial charge on any atom is -0.305 e. The van der Waals surface area contributed by atoms with Crippen LogP contribution >= 0.6 is 0 Å². The molecule has 0 aliphatic rings. The molecule has 0 spiro atoms. The standard InChI is InChI=1S/C9H17NO/c1-6-10-9(4,5)8(11)7(2)3/h10H,2,6H2,1,3-5H3. The van der Waals surface area contributed by atoms with E-state index in [-0.39, 0.29) is 5.78 Å². The van der Waals surface area contributed by atoms with E-state index < -0.39 is 5.54 Å². The average Bonchev–Trinajstić information content (AvgIpc) is 1.86. The number of carbonyl (C=O) groups is 1. The maximum Gasteiger partial charge on any atom is 0.177 e. The molecule has 2 heteroatoms. The van der Waals surface area contributed by atoms with Gasteiger partial charge in [0.15, 0.2) is 5.78 Å². The SMILES string of the molecule is C=C(C)C(=O)C(C)(C)NCC. The molecule has 0 aliphatic carbocycles. The van der Waals surface area contributed by atoms with Crippen molar-refractivity contribution in [1.82, 2.24) is 5.32 Å². The fourth-order valence-electron chi connectivity index (χ4n) is 1.06. The lowest BCUT2D eigenvalue weighted by atomic mass is 9.95. The van der Waals surface area contributed by atoms with Crippen LogP contribution in [-0.4, -0.2) is 17.9 Å². The van der Waals surface area contributed by atoms with Crippen molar-refractivity contribution in [2.75, 3.05) is 6.54 Å².